The molecule has 2 fully saturated rings. The van der Waals surface area contributed by atoms with Crippen LogP contribution in [0.4, 0.5) is 10.5 Å². The Balaban J connectivity index is 1.57. The Morgan fingerprint density at radius 2 is 1.87 bits per heavy atom. The molecule has 124 valence electrons. The highest BCUT2D eigenvalue weighted by molar-refractivity contribution is 6.30. The third-order valence-electron chi connectivity index (χ3n) is 4.34. The maximum Gasteiger partial charge on any atom is 0.317 e. The average Bonchev–Trinajstić information content (AvgIpc) is 2.89. The molecule has 1 atom stereocenters. The van der Waals surface area contributed by atoms with Gasteiger partial charge in [0.05, 0.1) is 12.1 Å². The van der Waals surface area contributed by atoms with E-state index in [9.17, 15) is 14.7 Å². The molecule has 0 bridgehead atoms. The molecule has 6 nitrogen and oxygen atoms in total. The highest BCUT2D eigenvalue weighted by Gasteiger charge is 2.33. The smallest absolute Gasteiger partial charge is 0.317 e. The van der Waals surface area contributed by atoms with E-state index in [0.29, 0.717) is 43.9 Å². The molecule has 2 saturated heterocycles. The molecule has 3 rings (SSSR count). The molecule has 0 aromatic heterocycles. The van der Waals surface area contributed by atoms with Crippen LogP contribution in [0.3, 0.4) is 0 Å². The number of halogens is 1. The summed E-state index contributed by atoms with van der Waals surface area (Å²) in [4.78, 5) is 27.8. The van der Waals surface area contributed by atoms with E-state index in [1.165, 1.54) is 0 Å². The number of hydrogen-bond donors (Lipinski definition) is 2. The van der Waals surface area contributed by atoms with Gasteiger partial charge in [-0.3, -0.25) is 4.79 Å². The van der Waals surface area contributed by atoms with Gasteiger partial charge in [0, 0.05) is 36.8 Å². The Bertz CT molecular complexity index is 585. The molecule has 0 spiro atoms. The standard InChI is InChI=1S/C16H20ClN3O3/c17-11-1-3-13(4-2-11)20-10-12(9-15(20)22)18-16(23)19-7-5-14(21)6-8-19/h1-4,12,14,21H,5-10H2,(H,18,23)/t12-/m0/s1. The lowest BCUT2D eigenvalue weighted by Gasteiger charge is -2.30. The molecule has 7 heteroatoms. The summed E-state index contributed by atoms with van der Waals surface area (Å²) in [6, 6.07) is 6.74. The van der Waals surface area contributed by atoms with Gasteiger partial charge in [0.25, 0.3) is 0 Å². The molecule has 23 heavy (non-hydrogen) atoms. The van der Waals surface area contributed by atoms with Crippen LogP contribution in [-0.4, -0.2) is 53.7 Å². The van der Waals surface area contributed by atoms with Gasteiger partial charge in [-0.25, -0.2) is 4.79 Å². The van der Waals surface area contributed by atoms with E-state index in [4.69, 9.17) is 11.6 Å². The van der Waals surface area contributed by atoms with Gasteiger partial charge in [0.2, 0.25) is 5.91 Å². The molecule has 3 amide bonds. The van der Waals surface area contributed by atoms with Crippen LogP contribution in [0, 0.1) is 0 Å². The Morgan fingerprint density at radius 3 is 2.52 bits per heavy atom. The van der Waals surface area contributed by atoms with Gasteiger partial charge < -0.3 is 20.2 Å². The molecule has 2 aliphatic heterocycles. The van der Waals surface area contributed by atoms with Crippen molar-refractivity contribution in [3.63, 3.8) is 0 Å². The molecule has 0 radical (unpaired) electrons. The average molecular weight is 338 g/mol. The van der Waals surface area contributed by atoms with E-state index in [0.717, 1.165) is 5.69 Å². The Labute approximate surface area is 140 Å². The SMILES string of the molecule is O=C(N[C@H]1CC(=O)N(c2ccc(Cl)cc2)C1)N1CCC(O)CC1. The van der Waals surface area contributed by atoms with Crippen LogP contribution in [0.15, 0.2) is 24.3 Å². The summed E-state index contributed by atoms with van der Waals surface area (Å²) in [7, 11) is 0. The molecule has 0 unspecified atom stereocenters. The lowest BCUT2D eigenvalue weighted by Crippen LogP contribution is -2.49. The second-order valence-corrected chi connectivity index (χ2v) is 6.49. The van der Waals surface area contributed by atoms with E-state index in [1.54, 1.807) is 34.1 Å². The molecule has 2 aliphatic rings. The van der Waals surface area contributed by atoms with Gasteiger partial charge in [-0.1, -0.05) is 11.6 Å². The van der Waals surface area contributed by atoms with Crippen molar-refractivity contribution in [2.75, 3.05) is 24.5 Å². The Morgan fingerprint density at radius 1 is 1.22 bits per heavy atom. The number of carbonyl (C=O) groups is 2. The molecular weight excluding hydrogens is 318 g/mol. The van der Waals surface area contributed by atoms with Gasteiger partial charge in [-0.05, 0) is 37.1 Å². The maximum absolute atomic E-state index is 12.2. The Kier molecular flexibility index (Phi) is 4.73. The maximum atomic E-state index is 12.2. The van der Waals surface area contributed by atoms with Crippen LogP contribution >= 0.6 is 11.6 Å². The number of hydrogen-bond acceptors (Lipinski definition) is 3. The van der Waals surface area contributed by atoms with Crippen molar-refractivity contribution in [3.8, 4) is 0 Å². The summed E-state index contributed by atoms with van der Waals surface area (Å²) < 4.78 is 0. The fourth-order valence-electron chi connectivity index (χ4n) is 3.01. The number of urea groups is 1. The highest BCUT2D eigenvalue weighted by Crippen LogP contribution is 2.23. The fourth-order valence-corrected chi connectivity index (χ4v) is 3.14. The number of benzene rings is 1. The molecule has 2 N–H and O–H groups in total. The van der Waals surface area contributed by atoms with E-state index < -0.39 is 0 Å². The van der Waals surface area contributed by atoms with Crippen LogP contribution in [0.5, 0.6) is 0 Å². The van der Waals surface area contributed by atoms with E-state index in [-0.39, 0.29) is 24.1 Å². The van der Waals surface area contributed by atoms with Gasteiger partial charge in [0.1, 0.15) is 0 Å². The molecule has 0 aliphatic carbocycles. The number of likely N-dealkylation sites (tertiary alicyclic amines) is 1. The van der Waals surface area contributed by atoms with Gasteiger partial charge in [-0.2, -0.15) is 0 Å². The van der Waals surface area contributed by atoms with Crippen molar-refractivity contribution < 1.29 is 14.7 Å². The first-order valence-electron chi connectivity index (χ1n) is 7.82. The van der Waals surface area contributed by atoms with Crippen molar-refractivity contribution in [2.45, 2.75) is 31.4 Å². The number of anilines is 1. The van der Waals surface area contributed by atoms with E-state index in [1.807, 2.05) is 0 Å². The van der Waals surface area contributed by atoms with Crippen LogP contribution in [0.1, 0.15) is 19.3 Å². The molecule has 2 heterocycles. The summed E-state index contributed by atoms with van der Waals surface area (Å²) >= 11 is 5.86. The monoisotopic (exact) mass is 337 g/mol. The summed E-state index contributed by atoms with van der Waals surface area (Å²) in [5.74, 6) is -0.00770. The largest absolute Gasteiger partial charge is 0.393 e. The van der Waals surface area contributed by atoms with Crippen molar-refractivity contribution in [1.29, 1.82) is 0 Å². The lowest BCUT2D eigenvalue weighted by atomic mass is 10.1. The zero-order valence-corrected chi connectivity index (χ0v) is 13.5. The summed E-state index contributed by atoms with van der Waals surface area (Å²) in [6.07, 6.45) is 1.19. The second kappa shape index (κ2) is 6.76. The summed E-state index contributed by atoms with van der Waals surface area (Å²) in [5, 5.41) is 13.0. The van der Waals surface area contributed by atoms with Crippen molar-refractivity contribution in [3.05, 3.63) is 29.3 Å². The van der Waals surface area contributed by atoms with Crippen molar-refractivity contribution in [2.24, 2.45) is 0 Å². The predicted octanol–water partition coefficient (Wildman–Crippen LogP) is 1.61. The van der Waals surface area contributed by atoms with Crippen LogP contribution in [0.25, 0.3) is 0 Å². The minimum absolute atomic E-state index is 0.00770. The molecule has 1 aromatic rings. The predicted molar refractivity (Wildman–Crippen MR) is 87.6 cm³/mol. The van der Waals surface area contributed by atoms with E-state index >= 15 is 0 Å². The first-order chi connectivity index (χ1) is 11.0. The number of piperidine rings is 1. The number of nitrogens with one attached hydrogen (secondary N) is 1. The van der Waals surface area contributed by atoms with Crippen LogP contribution in [0.2, 0.25) is 5.02 Å². The fraction of sp³-hybridized carbons (Fsp3) is 0.500. The zero-order valence-electron chi connectivity index (χ0n) is 12.7. The third kappa shape index (κ3) is 3.76. The van der Waals surface area contributed by atoms with Crippen LogP contribution in [-0.2, 0) is 4.79 Å². The third-order valence-corrected chi connectivity index (χ3v) is 4.59. The quantitative estimate of drug-likeness (QED) is 0.861. The van der Waals surface area contributed by atoms with Crippen molar-refractivity contribution in [1.82, 2.24) is 10.2 Å². The number of aliphatic hydroxyl groups is 1. The first kappa shape index (κ1) is 16.1. The molecule has 1 aromatic carbocycles. The van der Waals surface area contributed by atoms with Gasteiger partial charge >= 0.3 is 6.03 Å². The minimum Gasteiger partial charge on any atom is -0.393 e. The number of carbonyl (C=O) groups excluding carboxylic acids is 2. The number of nitrogens with zero attached hydrogens (tertiary/aromatic N) is 2. The van der Waals surface area contributed by atoms with Gasteiger partial charge in [0.15, 0.2) is 0 Å². The Hall–Kier alpha value is -1.79. The molecule has 0 saturated carbocycles. The van der Waals surface area contributed by atoms with Crippen LogP contribution < -0.4 is 10.2 Å². The first-order valence-corrected chi connectivity index (χ1v) is 8.20. The van der Waals surface area contributed by atoms with E-state index in [2.05, 4.69) is 5.32 Å². The zero-order chi connectivity index (χ0) is 16.4. The second-order valence-electron chi connectivity index (χ2n) is 6.05. The van der Waals surface area contributed by atoms with Gasteiger partial charge in [-0.15, -0.1) is 0 Å². The summed E-state index contributed by atoms with van der Waals surface area (Å²) in [5.41, 5.74) is 0.789. The topological polar surface area (TPSA) is 72.9 Å². The molecular formula is C16H20ClN3O3. The number of rotatable bonds is 2. The summed E-state index contributed by atoms with van der Waals surface area (Å²) in [6.45, 7) is 1.56. The lowest BCUT2D eigenvalue weighted by molar-refractivity contribution is -0.117. The van der Waals surface area contributed by atoms with Crippen molar-refractivity contribution >= 4 is 29.2 Å². The number of amides is 3. The number of aliphatic hydroxyl groups excluding tert-OH is 1. The normalized spacial score (nSPS) is 22.5. The highest BCUT2D eigenvalue weighted by atomic mass is 35.5. The minimum atomic E-state index is -0.312.